The second-order valence-corrected chi connectivity index (χ2v) is 4.20. The zero-order chi connectivity index (χ0) is 12.5. The highest BCUT2D eigenvalue weighted by molar-refractivity contribution is 5.84. The van der Waals surface area contributed by atoms with Gasteiger partial charge in [-0.25, -0.2) is 0 Å². The Balaban J connectivity index is 2.08. The Bertz CT molecular complexity index is 424. The summed E-state index contributed by atoms with van der Waals surface area (Å²) in [6.45, 7) is 1.27. The van der Waals surface area contributed by atoms with Crippen LogP contribution in [0, 0.1) is 5.92 Å². The maximum absolute atomic E-state index is 12.4. The summed E-state index contributed by atoms with van der Waals surface area (Å²) >= 11 is 0. The molecule has 1 aliphatic heterocycles. The van der Waals surface area contributed by atoms with Crippen LogP contribution in [-0.4, -0.2) is 18.9 Å². The molecule has 0 aliphatic carbocycles. The topological polar surface area (TPSA) is 29.1 Å². The van der Waals surface area contributed by atoms with Crippen LogP contribution in [-0.2, 0) is 17.4 Å². The van der Waals surface area contributed by atoms with Crippen molar-refractivity contribution in [1.29, 1.82) is 0 Å². The van der Waals surface area contributed by atoms with Gasteiger partial charge in [0, 0.05) is 25.4 Å². The van der Waals surface area contributed by atoms with Crippen LogP contribution in [0.2, 0.25) is 0 Å². The van der Waals surface area contributed by atoms with Gasteiger partial charge in [-0.05, 0) is 11.6 Å². The summed E-state index contributed by atoms with van der Waals surface area (Å²) in [5, 5.41) is 2.96. The first-order chi connectivity index (χ1) is 7.97. The van der Waals surface area contributed by atoms with Crippen molar-refractivity contribution in [3.05, 3.63) is 35.4 Å². The first kappa shape index (κ1) is 12.1. The minimum absolute atomic E-state index is 0.00285. The van der Waals surface area contributed by atoms with E-state index in [1.54, 1.807) is 6.07 Å². The molecule has 1 heterocycles. The summed E-state index contributed by atoms with van der Waals surface area (Å²) in [7, 11) is 0. The third-order valence-electron chi connectivity index (χ3n) is 2.87. The number of hydrogen-bond donors (Lipinski definition) is 1. The molecule has 0 unspecified atom stereocenters. The standard InChI is InChI=1S/C12H12F3NO/c13-12(14,15)10-3-1-2-8(4-10)5-11(17)9-6-16-7-9/h1-4,9,16H,5-7H2. The Kier molecular flexibility index (Phi) is 3.19. The number of carbonyl (C=O) groups is 1. The normalized spacial score (nSPS) is 16.6. The molecule has 0 saturated carbocycles. The van der Waals surface area contributed by atoms with Crippen molar-refractivity contribution in [3.8, 4) is 0 Å². The molecule has 1 aliphatic rings. The monoisotopic (exact) mass is 243 g/mol. The zero-order valence-electron chi connectivity index (χ0n) is 9.05. The predicted molar refractivity (Wildman–Crippen MR) is 56.5 cm³/mol. The Morgan fingerprint density at radius 1 is 1.35 bits per heavy atom. The predicted octanol–water partition coefficient (Wildman–Crippen LogP) is 2.04. The third-order valence-corrected chi connectivity index (χ3v) is 2.87. The first-order valence-corrected chi connectivity index (χ1v) is 5.36. The molecule has 92 valence electrons. The van der Waals surface area contributed by atoms with Gasteiger partial charge in [-0.15, -0.1) is 0 Å². The molecule has 0 spiro atoms. The van der Waals surface area contributed by atoms with E-state index in [1.807, 2.05) is 0 Å². The molecule has 2 nitrogen and oxygen atoms in total. The molecule has 1 aromatic carbocycles. The van der Waals surface area contributed by atoms with Crippen LogP contribution in [0.1, 0.15) is 11.1 Å². The Morgan fingerprint density at radius 2 is 2.06 bits per heavy atom. The van der Waals surface area contributed by atoms with Crippen molar-refractivity contribution < 1.29 is 18.0 Å². The molecule has 0 atom stereocenters. The fourth-order valence-electron chi connectivity index (χ4n) is 1.72. The van der Waals surface area contributed by atoms with E-state index in [0.717, 1.165) is 12.1 Å². The molecule has 0 radical (unpaired) electrons. The number of hydrogen-bond acceptors (Lipinski definition) is 2. The van der Waals surface area contributed by atoms with Gasteiger partial charge in [0.15, 0.2) is 0 Å². The summed E-state index contributed by atoms with van der Waals surface area (Å²) in [4.78, 5) is 11.6. The van der Waals surface area contributed by atoms with Gasteiger partial charge in [0.1, 0.15) is 5.78 Å². The second kappa shape index (κ2) is 4.49. The van der Waals surface area contributed by atoms with E-state index >= 15 is 0 Å². The summed E-state index contributed by atoms with van der Waals surface area (Å²) in [5.41, 5.74) is -0.272. The minimum atomic E-state index is -4.35. The number of halogens is 3. The largest absolute Gasteiger partial charge is 0.416 e. The van der Waals surface area contributed by atoms with E-state index in [9.17, 15) is 18.0 Å². The van der Waals surface area contributed by atoms with Crippen molar-refractivity contribution >= 4 is 5.78 Å². The lowest BCUT2D eigenvalue weighted by Gasteiger charge is -2.25. The van der Waals surface area contributed by atoms with Crippen molar-refractivity contribution in [1.82, 2.24) is 5.32 Å². The second-order valence-electron chi connectivity index (χ2n) is 4.20. The smallest absolute Gasteiger partial charge is 0.315 e. The molecule has 1 saturated heterocycles. The molecule has 0 amide bonds. The maximum atomic E-state index is 12.4. The van der Waals surface area contributed by atoms with Crippen molar-refractivity contribution in [3.63, 3.8) is 0 Å². The van der Waals surface area contributed by atoms with Crippen molar-refractivity contribution in [2.45, 2.75) is 12.6 Å². The van der Waals surface area contributed by atoms with Gasteiger partial charge < -0.3 is 5.32 Å². The van der Waals surface area contributed by atoms with Crippen LogP contribution in [0.5, 0.6) is 0 Å². The zero-order valence-corrected chi connectivity index (χ0v) is 9.05. The van der Waals surface area contributed by atoms with Crippen LogP contribution in [0.4, 0.5) is 13.2 Å². The van der Waals surface area contributed by atoms with Crippen LogP contribution in [0.25, 0.3) is 0 Å². The number of benzene rings is 1. The lowest BCUT2D eigenvalue weighted by molar-refractivity contribution is -0.137. The maximum Gasteiger partial charge on any atom is 0.416 e. The van der Waals surface area contributed by atoms with Gasteiger partial charge in [0.25, 0.3) is 0 Å². The number of rotatable bonds is 3. The SMILES string of the molecule is O=C(Cc1cccc(C(F)(F)F)c1)C1CNC1. The highest BCUT2D eigenvalue weighted by Gasteiger charge is 2.31. The molecule has 0 bridgehead atoms. The number of carbonyl (C=O) groups excluding carboxylic acids is 1. The highest BCUT2D eigenvalue weighted by atomic mass is 19.4. The van der Waals surface area contributed by atoms with Gasteiger partial charge in [0.05, 0.1) is 5.56 Å². The molecule has 0 aromatic heterocycles. The Morgan fingerprint density at radius 3 is 2.59 bits per heavy atom. The number of nitrogens with one attached hydrogen (secondary N) is 1. The number of ketones is 1. The van der Waals surface area contributed by atoms with E-state index < -0.39 is 11.7 Å². The molecular weight excluding hydrogens is 231 g/mol. The van der Waals surface area contributed by atoms with Crippen LogP contribution < -0.4 is 5.32 Å². The van der Waals surface area contributed by atoms with E-state index in [0.29, 0.717) is 18.7 Å². The van der Waals surface area contributed by atoms with E-state index in [2.05, 4.69) is 5.32 Å². The first-order valence-electron chi connectivity index (χ1n) is 5.36. The summed E-state index contributed by atoms with van der Waals surface area (Å²) in [5.74, 6) is -0.0346. The summed E-state index contributed by atoms with van der Waals surface area (Å²) < 4.78 is 37.3. The molecule has 1 fully saturated rings. The van der Waals surface area contributed by atoms with E-state index in [1.165, 1.54) is 6.07 Å². The summed E-state index contributed by atoms with van der Waals surface area (Å²) in [6.07, 6.45) is -4.27. The van der Waals surface area contributed by atoms with Crippen molar-refractivity contribution in [2.24, 2.45) is 5.92 Å². The summed E-state index contributed by atoms with van der Waals surface area (Å²) in [6, 6.07) is 4.95. The number of alkyl halides is 3. The fourth-order valence-corrected chi connectivity index (χ4v) is 1.72. The van der Waals surface area contributed by atoms with Gasteiger partial charge >= 0.3 is 6.18 Å². The average Bonchev–Trinajstić information content (AvgIpc) is 2.13. The van der Waals surface area contributed by atoms with Crippen LogP contribution in [0.15, 0.2) is 24.3 Å². The molecule has 1 aromatic rings. The molecule has 1 N–H and O–H groups in total. The quantitative estimate of drug-likeness (QED) is 0.880. The van der Waals surface area contributed by atoms with Crippen LogP contribution in [0.3, 0.4) is 0 Å². The van der Waals surface area contributed by atoms with Crippen molar-refractivity contribution in [2.75, 3.05) is 13.1 Å². The Hall–Kier alpha value is -1.36. The van der Waals surface area contributed by atoms with Gasteiger partial charge in [-0.1, -0.05) is 18.2 Å². The van der Waals surface area contributed by atoms with Crippen LogP contribution >= 0.6 is 0 Å². The van der Waals surface area contributed by atoms with Gasteiger partial charge in [0.2, 0.25) is 0 Å². The minimum Gasteiger partial charge on any atom is -0.315 e. The van der Waals surface area contributed by atoms with Gasteiger partial charge in [-0.3, -0.25) is 4.79 Å². The van der Waals surface area contributed by atoms with Gasteiger partial charge in [-0.2, -0.15) is 13.2 Å². The molecule has 5 heteroatoms. The number of Topliss-reactive ketones (excluding diaryl/α,β-unsaturated/α-hetero) is 1. The lowest BCUT2D eigenvalue weighted by atomic mass is 9.93. The molecular formula is C12H12F3NO. The molecule has 17 heavy (non-hydrogen) atoms. The highest BCUT2D eigenvalue weighted by Crippen LogP contribution is 2.29. The van der Waals surface area contributed by atoms with E-state index in [4.69, 9.17) is 0 Å². The molecule has 2 rings (SSSR count). The average molecular weight is 243 g/mol. The third kappa shape index (κ3) is 2.85. The Labute approximate surface area is 96.8 Å². The lowest BCUT2D eigenvalue weighted by Crippen LogP contribution is -2.47. The van der Waals surface area contributed by atoms with E-state index in [-0.39, 0.29) is 18.1 Å². The fraction of sp³-hybridized carbons (Fsp3) is 0.417.